The molecule has 2 N–H and O–H groups in total. The number of nitrogens with zero attached hydrogens (tertiary/aromatic N) is 1. The van der Waals surface area contributed by atoms with Crippen molar-refractivity contribution in [1.29, 1.82) is 0 Å². The van der Waals surface area contributed by atoms with Crippen LogP contribution in [0.4, 0.5) is 0 Å². The lowest BCUT2D eigenvalue weighted by Gasteiger charge is -2.24. The molecule has 0 saturated carbocycles. The summed E-state index contributed by atoms with van der Waals surface area (Å²) < 4.78 is 5.39. The molecule has 2 heterocycles. The Labute approximate surface area is 125 Å². The number of aliphatic hydroxyl groups excluding tert-OH is 1. The van der Waals surface area contributed by atoms with Crippen LogP contribution in [0, 0.1) is 0 Å². The molecular formula is C17H22N2O2. The summed E-state index contributed by atoms with van der Waals surface area (Å²) in [5.41, 5.74) is 1.27. The molecule has 2 atom stereocenters. The van der Waals surface area contributed by atoms with Crippen molar-refractivity contribution in [2.75, 3.05) is 19.6 Å². The van der Waals surface area contributed by atoms with Gasteiger partial charge in [-0.05, 0) is 24.1 Å². The molecule has 0 aliphatic carbocycles. The summed E-state index contributed by atoms with van der Waals surface area (Å²) in [5.74, 6) is 0.942. The second-order valence-corrected chi connectivity index (χ2v) is 5.63. The first-order chi connectivity index (χ1) is 10.3. The smallest absolute Gasteiger partial charge is 0.117 e. The number of β-amino-alcohol motifs (C(OH)–C–C–N with tert-alkyl or cyclic N) is 1. The Morgan fingerprint density at radius 1 is 1.24 bits per heavy atom. The lowest BCUT2D eigenvalue weighted by molar-refractivity contribution is 0.172. The third-order valence-electron chi connectivity index (χ3n) is 3.99. The third kappa shape index (κ3) is 3.94. The van der Waals surface area contributed by atoms with Crippen LogP contribution in [-0.4, -0.2) is 35.7 Å². The van der Waals surface area contributed by atoms with E-state index in [1.54, 1.807) is 6.26 Å². The highest BCUT2D eigenvalue weighted by Gasteiger charge is 2.23. The fourth-order valence-electron chi connectivity index (χ4n) is 2.85. The van der Waals surface area contributed by atoms with Gasteiger partial charge in [-0.3, -0.25) is 4.90 Å². The molecule has 1 fully saturated rings. The minimum atomic E-state index is -0.175. The monoisotopic (exact) mass is 286 g/mol. The number of rotatable bonds is 6. The van der Waals surface area contributed by atoms with Crippen LogP contribution in [0.15, 0.2) is 53.1 Å². The second-order valence-electron chi connectivity index (χ2n) is 5.63. The quantitative estimate of drug-likeness (QED) is 0.854. The van der Waals surface area contributed by atoms with E-state index in [1.165, 1.54) is 5.56 Å². The minimum absolute atomic E-state index is 0.175. The number of hydrogen-bond acceptors (Lipinski definition) is 4. The number of nitrogens with one attached hydrogen (secondary N) is 1. The third-order valence-corrected chi connectivity index (χ3v) is 3.99. The Balaban J connectivity index is 1.65. The van der Waals surface area contributed by atoms with E-state index in [1.807, 2.05) is 18.2 Å². The van der Waals surface area contributed by atoms with Gasteiger partial charge in [-0.15, -0.1) is 0 Å². The molecule has 0 amide bonds. The molecule has 4 heteroatoms. The first-order valence-corrected chi connectivity index (χ1v) is 7.52. The van der Waals surface area contributed by atoms with Crippen LogP contribution in [-0.2, 0) is 6.54 Å². The van der Waals surface area contributed by atoms with Crippen molar-refractivity contribution in [2.24, 2.45) is 0 Å². The first-order valence-electron chi connectivity index (χ1n) is 7.52. The molecule has 2 unspecified atom stereocenters. The van der Waals surface area contributed by atoms with Crippen LogP contribution in [0.1, 0.15) is 23.8 Å². The average Bonchev–Trinajstić information content (AvgIpc) is 3.16. The van der Waals surface area contributed by atoms with Gasteiger partial charge in [0.2, 0.25) is 0 Å². The van der Waals surface area contributed by atoms with Gasteiger partial charge in [0.1, 0.15) is 5.76 Å². The fourth-order valence-corrected chi connectivity index (χ4v) is 2.85. The van der Waals surface area contributed by atoms with Crippen LogP contribution < -0.4 is 5.32 Å². The van der Waals surface area contributed by atoms with Crippen LogP contribution >= 0.6 is 0 Å². The van der Waals surface area contributed by atoms with Crippen molar-refractivity contribution in [1.82, 2.24) is 10.2 Å². The normalized spacial score (nSPS) is 20.7. The predicted molar refractivity (Wildman–Crippen MR) is 81.8 cm³/mol. The topological polar surface area (TPSA) is 48.6 Å². The molecule has 0 radical (unpaired) electrons. The SMILES string of the molecule is OC1CCN(CC(NCc2ccco2)c2ccccc2)C1. The number of likely N-dealkylation sites (tertiary alicyclic amines) is 1. The predicted octanol–water partition coefficient (Wildman–Crippen LogP) is 2.18. The summed E-state index contributed by atoms with van der Waals surface area (Å²) in [7, 11) is 0. The Kier molecular flexibility index (Phi) is 4.70. The van der Waals surface area contributed by atoms with E-state index in [9.17, 15) is 5.11 Å². The summed E-state index contributed by atoms with van der Waals surface area (Å²) in [5, 5.41) is 13.2. The van der Waals surface area contributed by atoms with E-state index in [-0.39, 0.29) is 12.1 Å². The lowest BCUT2D eigenvalue weighted by Crippen LogP contribution is -2.34. The van der Waals surface area contributed by atoms with Crippen LogP contribution in [0.5, 0.6) is 0 Å². The Bertz CT molecular complexity index is 527. The van der Waals surface area contributed by atoms with Gasteiger partial charge in [0.15, 0.2) is 0 Å². The van der Waals surface area contributed by atoms with Gasteiger partial charge >= 0.3 is 0 Å². The zero-order chi connectivity index (χ0) is 14.5. The molecule has 0 bridgehead atoms. The summed E-state index contributed by atoms with van der Waals surface area (Å²) in [6.45, 7) is 3.35. The van der Waals surface area contributed by atoms with Gasteiger partial charge in [0, 0.05) is 25.7 Å². The summed E-state index contributed by atoms with van der Waals surface area (Å²) in [6.07, 6.45) is 2.40. The zero-order valence-electron chi connectivity index (χ0n) is 12.1. The number of hydrogen-bond donors (Lipinski definition) is 2. The Morgan fingerprint density at radius 2 is 2.10 bits per heavy atom. The molecule has 112 valence electrons. The van der Waals surface area contributed by atoms with E-state index in [0.29, 0.717) is 6.54 Å². The average molecular weight is 286 g/mol. The van der Waals surface area contributed by atoms with Gasteiger partial charge in [-0.2, -0.15) is 0 Å². The molecule has 1 saturated heterocycles. The van der Waals surface area contributed by atoms with Crippen molar-refractivity contribution >= 4 is 0 Å². The highest BCUT2D eigenvalue weighted by molar-refractivity contribution is 5.19. The van der Waals surface area contributed by atoms with E-state index in [4.69, 9.17) is 4.42 Å². The second kappa shape index (κ2) is 6.89. The molecule has 1 aromatic carbocycles. The maximum Gasteiger partial charge on any atom is 0.117 e. The fraction of sp³-hybridized carbons (Fsp3) is 0.412. The van der Waals surface area contributed by atoms with Crippen LogP contribution in [0.25, 0.3) is 0 Å². The standard InChI is InChI=1S/C17H22N2O2/c20-15-8-9-19(12-15)13-17(14-5-2-1-3-6-14)18-11-16-7-4-10-21-16/h1-7,10,15,17-18,20H,8-9,11-13H2. The molecule has 3 rings (SSSR count). The Hall–Kier alpha value is -1.62. The highest BCUT2D eigenvalue weighted by Crippen LogP contribution is 2.18. The van der Waals surface area contributed by atoms with Gasteiger partial charge in [-0.1, -0.05) is 30.3 Å². The largest absolute Gasteiger partial charge is 0.468 e. The van der Waals surface area contributed by atoms with E-state index in [0.717, 1.165) is 31.8 Å². The zero-order valence-corrected chi connectivity index (χ0v) is 12.1. The highest BCUT2D eigenvalue weighted by atomic mass is 16.3. The molecule has 0 spiro atoms. The molecule has 4 nitrogen and oxygen atoms in total. The molecule has 2 aromatic rings. The first kappa shape index (κ1) is 14.3. The van der Waals surface area contributed by atoms with Crippen LogP contribution in [0.2, 0.25) is 0 Å². The molecule has 21 heavy (non-hydrogen) atoms. The van der Waals surface area contributed by atoms with Crippen molar-refractivity contribution in [3.05, 3.63) is 60.1 Å². The summed E-state index contributed by atoms with van der Waals surface area (Å²) >= 11 is 0. The maximum atomic E-state index is 9.69. The lowest BCUT2D eigenvalue weighted by atomic mass is 10.1. The van der Waals surface area contributed by atoms with Crippen LogP contribution in [0.3, 0.4) is 0 Å². The molecule has 1 aromatic heterocycles. The van der Waals surface area contributed by atoms with E-state index < -0.39 is 0 Å². The van der Waals surface area contributed by atoms with E-state index >= 15 is 0 Å². The summed E-state index contributed by atoms with van der Waals surface area (Å²) in [4.78, 5) is 2.32. The Morgan fingerprint density at radius 3 is 2.76 bits per heavy atom. The molecule has 1 aliphatic heterocycles. The molecule has 1 aliphatic rings. The van der Waals surface area contributed by atoms with Gasteiger partial charge < -0.3 is 14.8 Å². The van der Waals surface area contributed by atoms with E-state index in [2.05, 4.69) is 34.5 Å². The van der Waals surface area contributed by atoms with Crippen molar-refractivity contribution in [3.63, 3.8) is 0 Å². The van der Waals surface area contributed by atoms with Gasteiger partial charge in [-0.25, -0.2) is 0 Å². The number of benzene rings is 1. The van der Waals surface area contributed by atoms with Gasteiger partial charge in [0.25, 0.3) is 0 Å². The maximum absolute atomic E-state index is 9.69. The van der Waals surface area contributed by atoms with Crippen molar-refractivity contribution in [2.45, 2.75) is 25.1 Å². The number of furan rings is 1. The van der Waals surface area contributed by atoms with Gasteiger partial charge in [0.05, 0.1) is 18.9 Å². The molecular weight excluding hydrogens is 264 g/mol. The van der Waals surface area contributed by atoms with Crippen molar-refractivity contribution in [3.8, 4) is 0 Å². The number of aliphatic hydroxyl groups is 1. The van der Waals surface area contributed by atoms with Crippen molar-refractivity contribution < 1.29 is 9.52 Å². The minimum Gasteiger partial charge on any atom is -0.468 e. The summed E-state index contributed by atoms with van der Waals surface area (Å²) in [6, 6.07) is 14.6.